The van der Waals surface area contributed by atoms with Gasteiger partial charge in [-0.25, -0.2) is 0 Å². The summed E-state index contributed by atoms with van der Waals surface area (Å²) in [5, 5.41) is 0. The SMILES string of the molecule is COC(=O)CC1Cc2ccc(OC)cc2CN(CC(F)(F)F)C1=O.COC(=O)C[C@@H]1Cc2ccc(OC)cc2CN(CC(F)(F)F)C1=O. The largest absolute Gasteiger partial charge is 0.497 e. The summed E-state index contributed by atoms with van der Waals surface area (Å²) in [5.74, 6) is -3.42. The van der Waals surface area contributed by atoms with Crippen LogP contribution < -0.4 is 9.47 Å². The van der Waals surface area contributed by atoms with E-state index in [0.717, 1.165) is 20.9 Å². The number of carbonyl (C=O) groups excluding carboxylic acids is 4. The second kappa shape index (κ2) is 16.1. The molecule has 2 heterocycles. The van der Waals surface area contributed by atoms with Gasteiger partial charge in [0.2, 0.25) is 11.8 Å². The molecule has 0 saturated carbocycles. The van der Waals surface area contributed by atoms with Gasteiger partial charge in [-0.1, -0.05) is 12.1 Å². The summed E-state index contributed by atoms with van der Waals surface area (Å²) in [6.45, 7) is -3.08. The maximum atomic E-state index is 12.8. The summed E-state index contributed by atoms with van der Waals surface area (Å²) >= 11 is 0. The number of fused-ring (bicyclic) bond motifs is 2. The molecule has 0 saturated heterocycles. The lowest BCUT2D eigenvalue weighted by Crippen LogP contribution is -2.41. The van der Waals surface area contributed by atoms with Crippen molar-refractivity contribution in [3.63, 3.8) is 0 Å². The summed E-state index contributed by atoms with van der Waals surface area (Å²) in [7, 11) is 5.26. The molecule has 2 aromatic rings. The highest BCUT2D eigenvalue weighted by molar-refractivity contribution is 5.85. The zero-order valence-corrected chi connectivity index (χ0v) is 26.7. The van der Waals surface area contributed by atoms with Crippen molar-refractivity contribution in [2.24, 2.45) is 11.8 Å². The Bertz CT molecular complexity index is 1370. The number of esters is 2. The predicted molar refractivity (Wildman–Crippen MR) is 157 cm³/mol. The molecule has 2 aliphatic heterocycles. The van der Waals surface area contributed by atoms with Crippen molar-refractivity contribution in [2.45, 2.75) is 51.1 Å². The first-order valence-corrected chi connectivity index (χ1v) is 14.6. The fourth-order valence-electron chi connectivity index (χ4n) is 5.53. The quantitative estimate of drug-likeness (QED) is 0.291. The van der Waals surface area contributed by atoms with Gasteiger partial charge in [0.1, 0.15) is 24.6 Å². The van der Waals surface area contributed by atoms with E-state index in [4.69, 9.17) is 9.47 Å². The van der Waals surface area contributed by atoms with Crippen LogP contribution in [-0.2, 0) is 54.6 Å². The van der Waals surface area contributed by atoms with E-state index in [0.29, 0.717) is 22.6 Å². The lowest BCUT2D eigenvalue weighted by atomic mass is 9.94. The Morgan fingerprint density at radius 2 is 1.00 bits per heavy atom. The third-order valence-electron chi connectivity index (χ3n) is 7.83. The van der Waals surface area contributed by atoms with E-state index < -0.39 is 61.0 Å². The summed E-state index contributed by atoms with van der Waals surface area (Å²) < 4.78 is 96.2. The smallest absolute Gasteiger partial charge is 0.406 e. The highest BCUT2D eigenvalue weighted by Gasteiger charge is 2.40. The molecular weight excluding hydrogens is 654 g/mol. The van der Waals surface area contributed by atoms with Crippen LogP contribution in [0.3, 0.4) is 0 Å². The second-order valence-corrected chi connectivity index (χ2v) is 11.3. The second-order valence-electron chi connectivity index (χ2n) is 11.3. The maximum absolute atomic E-state index is 12.8. The van der Waals surface area contributed by atoms with Gasteiger partial charge >= 0.3 is 24.3 Å². The molecule has 264 valence electrons. The van der Waals surface area contributed by atoms with Crippen LogP contribution >= 0.6 is 0 Å². The lowest BCUT2D eigenvalue weighted by molar-refractivity contribution is -0.165. The molecule has 48 heavy (non-hydrogen) atoms. The fourth-order valence-corrected chi connectivity index (χ4v) is 5.53. The minimum absolute atomic E-state index is 0.178. The Hall–Kier alpha value is -4.50. The summed E-state index contributed by atoms with van der Waals surface area (Å²) in [5.41, 5.74) is 2.61. The minimum Gasteiger partial charge on any atom is -0.497 e. The Labute approximate surface area is 272 Å². The maximum Gasteiger partial charge on any atom is 0.406 e. The monoisotopic (exact) mass is 690 g/mol. The molecule has 2 aliphatic rings. The molecule has 0 N–H and O–H groups in total. The third kappa shape index (κ3) is 10.8. The Balaban J connectivity index is 0.000000260. The van der Waals surface area contributed by atoms with Gasteiger partial charge < -0.3 is 28.7 Å². The molecule has 10 nitrogen and oxygen atoms in total. The molecule has 2 amide bonds. The lowest BCUT2D eigenvalue weighted by Gasteiger charge is -2.25. The number of rotatable bonds is 8. The molecular formula is C32H36F6N2O8. The van der Waals surface area contributed by atoms with Crippen molar-refractivity contribution in [2.75, 3.05) is 41.5 Å². The van der Waals surface area contributed by atoms with Crippen molar-refractivity contribution >= 4 is 23.8 Å². The van der Waals surface area contributed by atoms with Gasteiger partial charge in [-0.15, -0.1) is 0 Å². The molecule has 0 bridgehead atoms. The summed E-state index contributed by atoms with van der Waals surface area (Å²) in [4.78, 5) is 49.5. The number of methoxy groups -OCH3 is 4. The highest BCUT2D eigenvalue weighted by atomic mass is 19.4. The number of amides is 2. The van der Waals surface area contributed by atoms with Gasteiger partial charge in [0.15, 0.2) is 0 Å². The van der Waals surface area contributed by atoms with E-state index in [2.05, 4.69) is 9.47 Å². The first-order valence-electron chi connectivity index (χ1n) is 14.6. The number of carbonyl (C=O) groups is 4. The topological polar surface area (TPSA) is 112 Å². The van der Waals surface area contributed by atoms with Crippen LogP contribution in [-0.4, -0.2) is 87.4 Å². The normalized spacial score (nSPS) is 18.0. The average Bonchev–Trinajstić information content (AvgIpc) is 3.22. The first kappa shape index (κ1) is 38.0. The van der Waals surface area contributed by atoms with Crippen LogP contribution in [0.15, 0.2) is 36.4 Å². The third-order valence-corrected chi connectivity index (χ3v) is 7.83. The van der Waals surface area contributed by atoms with E-state index in [1.807, 2.05) is 0 Å². The molecule has 4 rings (SSSR count). The zero-order chi connectivity index (χ0) is 35.8. The van der Waals surface area contributed by atoms with Gasteiger partial charge in [-0.05, 0) is 59.4 Å². The van der Waals surface area contributed by atoms with Gasteiger partial charge in [0, 0.05) is 13.1 Å². The average molecular weight is 691 g/mol. The number of alkyl halides is 6. The van der Waals surface area contributed by atoms with Crippen molar-refractivity contribution in [1.82, 2.24) is 9.80 Å². The molecule has 1 unspecified atom stereocenters. The number of nitrogens with zero attached hydrogens (tertiary/aromatic N) is 2. The van der Waals surface area contributed by atoms with E-state index in [9.17, 15) is 45.5 Å². The molecule has 2 atom stereocenters. The number of hydrogen-bond donors (Lipinski definition) is 0. The van der Waals surface area contributed by atoms with Crippen LogP contribution in [0.4, 0.5) is 26.3 Å². The molecule has 0 spiro atoms. The molecule has 0 radical (unpaired) electrons. The Morgan fingerprint density at radius 3 is 1.29 bits per heavy atom. The number of ether oxygens (including phenoxy) is 4. The van der Waals surface area contributed by atoms with Crippen LogP contribution in [0.1, 0.15) is 35.1 Å². The van der Waals surface area contributed by atoms with Crippen LogP contribution in [0.25, 0.3) is 0 Å². The Morgan fingerprint density at radius 1 is 0.646 bits per heavy atom. The predicted octanol–water partition coefficient (Wildman–Crippen LogP) is 4.64. The van der Waals surface area contributed by atoms with Crippen LogP contribution in [0.2, 0.25) is 0 Å². The van der Waals surface area contributed by atoms with Crippen molar-refractivity contribution in [3.8, 4) is 11.5 Å². The molecule has 2 aromatic carbocycles. The number of hydrogen-bond acceptors (Lipinski definition) is 8. The number of benzene rings is 2. The van der Waals surface area contributed by atoms with Crippen molar-refractivity contribution in [3.05, 3.63) is 58.7 Å². The van der Waals surface area contributed by atoms with Crippen LogP contribution in [0.5, 0.6) is 11.5 Å². The van der Waals surface area contributed by atoms with Crippen molar-refractivity contribution < 1.29 is 64.5 Å². The fraction of sp³-hybridized carbons (Fsp3) is 0.500. The summed E-state index contributed by atoms with van der Waals surface area (Å²) in [6.07, 6.45) is -9.18. The van der Waals surface area contributed by atoms with Crippen molar-refractivity contribution in [1.29, 1.82) is 0 Å². The van der Waals surface area contributed by atoms with Gasteiger partial charge in [0.05, 0.1) is 53.1 Å². The standard InChI is InChI=1S/2C16H18F3NO4/c2*1-23-13-4-3-10-5-11(7-14(21)24-2)15(22)20(8-12(10)6-13)9-16(17,18)19/h2*3-4,6,11H,5,7-9H2,1-2H3/t11-;/m0./s1. The van der Waals surface area contributed by atoms with Crippen LogP contribution in [0, 0.1) is 11.8 Å². The van der Waals surface area contributed by atoms with E-state index in [1.54, 1.807) is 36.4 Å². The van der Waals surface area contributed by atoms with E-state index >= 15 is 0 Å². The number of halogens is 6. The highest BCUT2D eigenvalue weighted by Crippen LogP contribution is 2.32. The molecule has 0 fully saturated rings. The Kier molecular flexibility index (Phi) is 12.7. The summed E-state index contributed by atoms with van der Waals surface area (Å²) in [6, 6.07) is 10.0. The zero-order valence-electron chi connectivity index (χ0n) is 26.7. The van der Waals surface area contributed by atoms with E-state index in [-0.39, 0.29) is 38.8 Å². The minimum atomic E-state index is -4.52. The molecule has 16 heteroatoms. The van der Waals surface area contributed by atoms with E-state index in [1.165, 1.54) is 28.4 Å². The van der Waals surface area contributed by atoms with Gasteiger partial charge in [-0.3, -0.25) is 19.2 Å². The first-order chi connectivity index (χ1) is 22.5. The van der Waals surface area contributed by atoms with Gasteiger partial charge in [0.25, 0.3) is 0 Å². The van der Waals surface area contributed by atoms with Gasteiger partial charge in [-0.2, -0.15) is 26.3 Å². The molecule has 0 aliphatic carbocycles. The molecule has 0 aromatic heterocycles.